The highest BCUT2D eigenvalue weighted by Crippen LogP contribution is 2.43. The standard InChI is InChI=1S/C40H76NO9P/c1-3-5-7-9-11-13-15-17-18-19-21-23-25-27-29-31-33-47-34-37(35-48-51(45,46)49-36-38(41)40(43)44)50-39(42)32-30-28-26-24-22-20-16-14-12-10-8-6-4-2/h14,16,31,33,37-38H,3-13,15,17-30,32,34-36,41H2,1-2H3,(H,43,44)(H,45,46)/b16-14-,33-31-/t37-,38+/m1/s1. The van der Waals surface area contributed by atoms with Gasteiger partial charge in [-0.25, -0.2) is 4.57 Å². The smallest absolute Gasteiger partial charge is 0.472 e. The highest BCUT2D eigenvalue weighted by atomic mass is 31.2. The molecule has 3 atom stereocenters. The third-order valence-electron chi connectivity index (χ3n) is 8.80. The highest BCUT2D eigenvalue weighted by molar-refractivity contribution is 7.47. The lowest BCUT2D eigenvalue weighted by atomic mass is 10.0. The van der Waals surface area contributed by atoms with E-state index in [1.54, 1.807) is 6.26 Å². The van der Waals surface area contributed by atoms with Gasteiger partial charge >= 0.3 is 19.8 Å². The van der Waals surface area contributed by atoms with Crippen LogP contribution in [0.1, 0.15) is 187 Å². The number of phosphoric acid groups is 1. The van der Waals surface area contributed by atoms with Gasteiger partial charge in [0.2, 0.25) is 0 Å². The molecule has 300 valence electrons. The summed E-state index contributed by atoms with van der Waals surface area (Å²) in [6.45, 7) is 3.25. The van der Waals surface area contributed by atoms with Gasteiger partial charge in [-0.3, -0.25) is 18.6 Å². The molecule has 0 spiro atoms. The number of carbonyl (C=O) groups excluding carboxylic acids is 1. The number of carboxylic acid groups (broad SMARTS) is 1. The Morgan fingerprint density at radius 2 is 1.02 bits per heavy atom. The van der Waals surface area contributed by atoms with Crippen molar-refractivity contribution in [1.82, 2.24) is 0 Å². The molecule has 0 aliphatic heterocycles. The molecule has 4 N–H and O–H groups in total. The summed E-state index contributed by atoms with van der Waals surface area (Å²) in [5.41, 5.74) is 5.34. The average Bonchev–Trinajstić information content (AvgIpc) is 3.10. The molecule has 11 heteroatoms. The first kappa shape index (κ1) is 49.3. The third kappa shape index (κ3) is 36.4. The van der Waals surface area contributed by atoms with Crippen molar-refractivity contribution in [3.05, 3.63) is 24.5 Å². The quantitative estimate of drug-likeness (QED) is 0.0182. The van der Waals surface area contributed by atoms with Gasteiger partial charge < -0.3 is 25.2 Å². The minimum absolute atomic E-state index is 0.0677. The monoisotopic (exact) mass is 746 g/mol. The van der Waals surface area contributed by atoms with E-state index < -0.39 is 45.1 Å². The zero-order valence-electron chi connectivity index (χ0n) is 32.5. The van der Waals surface area contributed by atoms with E-state index >= 15 is 0 Å². The molecule has 1 unspecified atom stereocenters. The molecule has 0 radical (unpaired) electrons. The van der Waals surface area contributed by atoms with Crippen LogP contribution >= 0.6 is 7.82 Å². The predicted molar refractivity (Wildman–Crippen MR) is 207 cm³/mol. The second-order valence-corrected chi connectivity index (χ2v) is 15.3. The maximum atomic E-state index is 12.6. The zero-order valence-corrected chi connectivity index (χ0v) is 33.3. The van der Waals surface area contributed by atoms with Gasteiger partial charge in [0.25, 0.3) is 0 Å². The van der Waals surface area contributed by atoms with Crippen LogP contribution in [0, 0.1) is 0 Å². The summed E-state index contributed by atoms with van der Waals surface area (Å²) in [5.74, 6) is -1.81. The molecule has 0 saturated carbocycles. The number of unbranched alkanes of at least 4 members (excludes halogenated alkanes) is 23. The number of phosphoric ester groups is 1. The molecule has 0 bridgehead atoms. The molecule has 0 heterocycles. The summed E-state index contributed by atoms with van der Waals surface area (Å²) in [6, 6.07) is -1.48. The minimum Gasteiger partial charge on any atom is -0.498 e. The fourth-order valence-corrected chi connectivity index (χ4v) is 6.34. The van der Waals surface area contributed by atoms with Crippen molar-refractivity contribution in [2.75, 3.05) is 19.8 Å². The lowest BCUT2D eigenvalue weighted by Crippen LogP contribution is -2.34. The van der Waals surface area contributed by atoms with E-state index in [0.717, 1.165) is 51.4 Å². The number of carbonyl (C=O) groups is 2. The number of rotatable bonds is 39. The van der Waals surface area contributed by atoms with E-state index in [-0.39, 0.29) is 13.0 Å². The highest BCUT2D eigenvalue weighted by Gasteiger charge is 2.27. The van der Waals surface area contributed by atoms with Crippen molar-refractivity contribution in [1.29, 1.82) is 0 Å². The Balaban J connectivity index is 4.32. The molecule has 0 aromatic rings. The van der Waals surface area contributed by atoms with Crippen LogP contribution in [0.5, 0.6) is 0 Å². The number of hydrogen-bond donors (Lipinski definition) is 3. The van der Waals surface area contributed by atoms with Gasteiger partial charge in [-0.2, -0.15) is 0 Å². The third-order valence-corrected chi connectivity index (χ3v) is 9.75. The molecule has 0 aromatic heterocycles. The van der Waals surface area contributed by atoms with Gasteiger partial charge in [0.05, 0.1) is 19.5 Å². The van der Waals surface area contributed by atoms with Crippen molar-refractivity contribution in [2.45, 2.75) is 199 Å². The summed E-state index contributed by atoms with van der Waals surface area (Å²) in [6.07, 6.45) is 38.9. The van der Waals surface area contributed by atoms with E-state index in [1.165, 1.54) is 109 Å². The fourth-order valence-electron chi connectivity index (χ4n) is 5.56. The van der Waals surface area contributed by atoms with Crippen LogP contribution in [0.15, 0.2) is 24.5 Å². The number of allylic oxidation sites excluding steroid dienone is 3. The van der Waals surface area contributed by atoms with E-state index in [2.05, 4.69) is 30.5 Å². The largest absolute Gasteiger partial charge is 0.498 e. The van der Waals surface area contributed by atoms with Crippen molar-refractivity contribution >= 4 is 19.8 Å². The van der Waals surface area contributed by atoms with Crippen LogP contribution in [0.2, 0.25) is 0 Å². The van der Waals surface area contributed by atoms with Gasteiger partial charge in [-0.15, -0.1) is 0 Å². The molecule has 0 amide bonds. The lowest BCUT2D eigenvalue weighted by Gasteiger charge is -2.20. The Morgan fingerprint density at radius 3 is 1.51 bits per heavy atom. The fraction of sp³-hybridized carbons (Fsp3) is 0.850. The number of aliphatic carboxylic acids is 1. The van der Waals surface area contributed by atoms with Crippen LogP contribution in [-0.2, 0) is 32.7 Å². The van der Waals surface area contributed by atoms with E-state index in [9.17, 15) is 19.0 Å². The SMILES string of the molecule is CCCCCC/C=C\CCCCCCCC(=O)O[C@H](CO/C=C\CCCCCCCCCCCCCCCC)COP(=O)(O)OC[C@H](N)C(=O)O. The summed E-state index contributed by atoms with van der Waals surface area (Å²) in [5, 5.41) is 8.87. The van der Waals surface area contributed by atoms with Crippen LogP contribution < -0.4 is 5.73 Å². The van der Waals surface area contributed by atoms with Gasteiger partial charge in [0.15, 0.2) is 6.10 Å². The van der Waals surface area contributed by atoms with Gasteiger partial charge in [0.1, 0.15) is 12.6 Å². The van der Waals surface area contributed by atoms with Crippen LogP contribution in [-0.4, -0.2) is 53.9 Å². The minimum atomic E-state index is -4.63. The first-order chi connectivity index (χ1) is 24.7. The Morgan fingerprint density at radius 1 is 0.608 bits per heavy atom. The van der Waals surface area contributed by atoms with Crippen LogP contribution in [0.3, 0.4) is 0 Å². The van der Waals surface area contributed by atoms with Crippen molar-refractivity contribution in [2.24, 2.45) is 5.73 Å². The number of hydrogen-bond acceptors (Lipinski definition) is 8. The molecule has 0 aliphatic carbocycles. The molecular weight excluding hydrogens is 669 g/mol. The Kier molecular flexibility index (Phi) is 35.4. The first-order valence-electron chi connectivity index (χ1n) is 20.4. The van der Waals surface area contributed by atoms with E-state index in [0.29, 0.717) is 6.42 Å². The molecule has 0 fully saturated rings. The molecule has 51 heavy (non-hydrogen) atoms. The maximum absolute atomic E-state index is 12.6. The summed E-state index contributed by atoms with van der Waals surface area (Å²) >= 11 is 0. The second-order valence-electron chi connectivity index (χ2n) is 13.8. The Labute approximate surface area is 311 Å². The maximum Gasteiger partial charge on any atom is 0.472 e. The topological polar surface area (TPSA) is 155 Å². The predicted octanol–water partition coefficient (Wildman–Crippen LogP) is 11.1. The number of carboxylic acids is 1. The zero-order chi connectivity index (χ0) is 37.7. The van der Waals surface area contributed by atoms with Crippen LogP contribution in [0.4, 0.5) is 0 Å². The summed E-state index contributed by atoms with van der Waals surface area (Å²) in [7, 11) is -4.63. The van der Waals surface area contributed by atoms with Crippen molar-refractivity contribution < 1.29 is 42.7 Å². The molecule has 0 rings (SSSR count). The average molecular weight is 746 g/mol. The van der Waals surface area contributed by atoms with Gasteiger partial charge in [-0.05, 0) is 51.0 Å². The van der Waals surface area contributed by atoms with Gasteiger partial charge in [-0.1, -0.05) is 148 Å². The Bertz CT molecular complexity index is 914. The number of esters is 1. The molecule has 10 nitrogen and oxygen atoms in total. The Hall–Kier alpha value is -1.71. The second kappa shape index (κ2) is 36.6. The number of nitrogens with two attached hydrogens (primary N) is 1. The van der Waals surface area contributed by atoms with Gasteiger partial charge in [0, 0.05) is 6.42 Å². The first-order valence-corrected chi connectivity index (χ1v) is 21.9. The normalized spacial score (nSPS) is 14.2. The summed E-state index contributed by atoms with van der Waals surface area (Å²) < 4.78 is 33.0. The summed E-state index contributed by atoms with van der Waals surface area (Å²) in [4.78, 5) is 33.4. The lowest BCUT2D eigenvalue weighted by molar-refractivity contribution is -0.153. The molecule has 0 aromatic carbocycles. The number of ether oxygens (including phenoxy) is 2. The van der Waals surface area contributed by atoms with E-state index in [4.69, 9.17) is 24.8 Å². The van der Waals surface area contributed by atoms with E-state index in [1.807, 2.05) is 6.08 Å². The molecule has 0 aliphatic rings. The van der Waals surface area contributed by atoms with Crippen molar-refractivity contribution in [3.8, 4) is 0 Å². The molecular formula is C40H76NO9P. The van der Waals surface area contributed by atoms with Crippen LogP contribution in [0.25, 0.3) is 0 Å². The van der Waals surface area contributed by atoms with Crippen molar-refractivity contribution in [3.63, 3.8) is 0 Å². The molecule has 0 saturated heterocycles.